The Morgan fingerprint density at radius 2 is 2.17 bits per heavy atom. The van der Waals surface area contributed by atoms with Crippen LogP contribution < -0.4 is 0 Å². The van der Waals surface area contributed by atoms with Crippen molar-refractivity contribution in [3.63, 3.8) is 0 Å². The number of carbonyl (C=O) groups is 1. The molecule has 1 aromatic heterocycles. The van der Waals surface area contributed by atoms with Crippen molar-refractivity contribution in [2.24, 2.45) is 0 Å². The van der Waals surface area contributed by atoms with Crippen molar-refractivity contribution in [2.45, 2.75) is 6.54 Å². The maximum Gasteiger partial charge on any atom is 0.340 e. The van der Waals surface area contributed by atoms with E-state index in [1.807, 2.05) is 0 Å². The number of halogens is 3. The van der Waals surface area contributed by atoms with E-state index in [9.17, 15) is 9.18 Å². The molecule has 0 amide bonds. The number of methoxy groups -OCH3 is 1. The van der Waals surface area contributed by atoms with Gasteiger partial charge in [-0.1, -0.05) is 33.6 Å². The van der Waals surface area contributed by atoms with E-state index in [1.54, 1.807) is 29.1 Å². The first-order valence-electron chi connectivity index (χ1n) is 6.67. The van der Waals surface area contributed by atoms with E-state index in [4.69, 9.17) is 16.3 Å². The van der Waals surface area contributed by atoms with Crippen LogP contribution in [0, 0.1) is 5.82 Å². The summed E-state index contributed by atoms with van der Waals surface area (Å²) in [6, 6.07) is 8.03. The van der Waals surface area contributed by atoms with Gasteiger partial charge in [0.1, 0.15) is 5.82 Å². The molecule has 0 spiro atoms. The molecule has 3 aromatic rings. The van der Waals surface area contributed by atoms with Crippen LogP contribution in [0.15, 0.2) is 41.0 Å². The highest BCUT2D eigenvalue weighted by atomic mass is 79.9. The Morgan fingerprint density at radius 3 is 2.87 bits per heavy atom. The summed E-state index contributed by atoms with van der Waals surface area (Å²) >= 11 is 9.25. The monoisotopic (exact) mass is 396 g/mol. The molecule has 0 unspecified atom stereocenters. The summed E-state index contributed by atoms with van der Waals surface area (Å²) in [6.07, 6.45) is 1.59. The van der Waals surface area contributed by atoms with Crippen molar-refractivity contribution < 1.29 is 13.9 Å². The molecule has 0 aliphatic heterocycles. The Balaban J connectivity index is 2.13. The minimum absolute atomic E-state index is 0.189. The van der Waals surface area contributed by atoms with E-state index < -0.39 is 5.97 Å². The van der Waals surface area contributed by atoms with Gasteiger partial charge in [-0.2, -0.15) is 5.10 Å². The Labute approximate surface area is 144 Å². The van der Waals surface area contributed by atoms with Crippen molar-refractivity contribution in [1.82, 2.24) is 9.78 Å². The number of benzene rings is 2. The van der Waals surface area contributed by atoms with Gasteiger partial charge in [0, 0.05) is 20.4 Å². The van der Waals surface area contributed by atoms with Crippen LogP contribution in [-0.2, 0) is 11.3 Å². The number of hydrogen-bond donors (Lipinski definition) is 0. The zero-order valence-corrected chi connectivity index (χ0v) is 14.4. The SMILES string of the molecule is COC(=O)c1cc(Cl)cc2cnn(Cc3ccc(Br)cc3F)c12. The highest BCUT2D eigenvalue weighted by Gasteiger charge is 2.17. The third-order valence-electron chi connectivity index (χ3n) is 3.44. The average molecular weight is 398 g/mol. The van der Waals surface area contributed by atoms with Gasteiger partial charge in [-0.15, -0.1) is 0 Å². The lowest BCUT2D eigenvalue weighted by Gasteiger charge is -2.09. The molecule has 7 heteroatoms. The van der Waals surface area contributed by atoms with Crippen LogP contribution >= 0.6 is 27.5 Å². The van der Waals surface area contributed by atoms with Crippen LogP contribution in [0.1, 0.15) is 15.9 Å². The van der Waals surface area contributed by atoms with E-state index in [0.717, 1.165) is 0 Å². The lowest BCUT2D eigenvalue weighted by atomic mass is 10.1. The zero-order chi connectivity index (χ0) is 16.6. The molecule has 0 radical (unpaired) electrons. The van der Waals surface area contributed by atoms with Gasteiger partial charge in [0.25, 0.3) is 0 Å². The number of fused-ring (bicyclic) bond motifs is 1. The molecule has 0 bridgehead atoms. The highest BCUT2D eigenvalue weighted by Crippen LogP contribution is 2.26. The van der Waals surface area contributed by atoms with E-state index in [1.165, 1.54) is 19.2 Å². The van der Waals surface area contributed by atoms with E-state index in [0.29, 0.717) is 31.5 Å². The van der Waals surface area contributed by atoms with Gasteiger partial charge in [-0.25, -0.2) is 9.18 Å². The Hall–Kier alpha value is -1.92. The van der Waals surface area contributed by atoms with Crippen LogP contribution in [0.5, 0.6) is 0 Å². The third-order valence-corrected chi connectivity index (χ3v) is 4.15. The number of rotatable bonds is 3. The summed E-state index contributed by atoms with van der Waals surface area (Å²) in [4.78, 5) is 12.0. The minimum atomic E-state index is -0.518. The van der Waals surface area contributed by atoms with Crippen LogP contribution in [-0.4, -0.2) is 22.9 Å². The number of aromatic nitrogens is 2. The number of carbonyl (C=O) groups excluding carboxylic acids is 1. The Kier molecular flexibility index (Phi) is 4.37. The van der Waals surface area contributed by atoms with Crippen LogP contribution in [0.2, 0.25) is 5.02 Å². The minimum Gasteiger partial charge on any atom is -0.465 e. The molecule has 0 atom stereocenters. The molecular formula is C16H11BrClFN2O2. The molecule has 1 heterocycles. The lowest BCUT2D eigenvalue weighted by molar-refractivity contribution is 0.0602. The summed E-state index contributed by atoms with van der Waals surface area (Å²) in [6.45, 7) is 0.189. The zero-order valence-electron chi connectivity index (χ0n) is 12.0. The summed E-state index contributed by atoms with van der Waals surface area (Å²) in [5, 5.41) is 5.34. The van der Waals surface area contributed by atoms with Gasteiger partial charge < -0.3 is 4.74 Å². The standard InChI is InChI=1S/C16H11BrClFN2O2/c1-23-16(22)13-6-12(18)4-10-7-20-21(15(10)13)8-9-2-3-11(17)5-14(9)19/h2-7H,8H2,1H3. The van der Waals surface area contributed by atoms with Gasteiger partial charge in [0.15, 0.2) is 0 Å². The number of hydrogen-bond acceptors (Lipinski definition) is 3. The molecule has 0 fully saturated rings. The summed E-state index contributed by atoms with van der Waals surface area (Å²) in [5.41, 5.74) is 1.32. The van der Waals surface area contributed by atoms with Gasteiger partial charge in [-0.3, -0.25) is 4.68 Å². The first-order valence-corrected chi connectivity index (χ1v) is 7.84. The van der Waals surface area contributed by atoms with Crippen molar-refractivity contribution in [3.8, 4) is 0 Å². The molecule has 2 aromatic carbocycles. The second-order valence-corrected chi connectivity index (χ2v) is 6.27. The fraction of sp³-hybridized carbons (Fsp3) is 0.125. The Morgan fingerprint density at radius 1 is 1.39 bits per heavy atom. The predicted octanol–water partition coefficient (Wildman–Crippen LogP) is 4.43. The fourth-order valence-corrected chi connectivity index (χ4v) is 2.95. The number of nitrogens with zero attached hydrogens (tertiary/aromatic N) is 2. The highest BCUT2D eigenvalue weighted by molar-refractivity contribution is 9.10. The normalized spacial score (nSPS) is 11.0. The van der Waals surface area contributed by atoms with Crippen molar-refractivity contribution in [1.29, 1.82) is 0 Å². The van der Waals surface area contributed by atoms with Crippen molar-refractivity contribution in [3.05, 3.63) is 63.0 Å². The third kappa shape index (κ3) is 3.09. The fourth-order valence-electron chi connectivity index (χ4n) is 2.39. The van der Waals surface area contributed by atoms with Crippen molar-refractivity contribution in [2.75, 3.05) is 7.11 Å². The molecule has 23 heavy (non-hydrogen) atoms. The smallest absolute Gasteiger partial charge is 0.340 e. The topological polar surface area (TPSA) is 44.1 Å². The Bertz CT molecular complexity index is 910. The second-order valence-electron chi connectivity index (χ2n) is 4.92. The van der Waals surface area contributed by atoms with Crippen LogP contribution in [0.25, 0.3) is 10.9 Å². The molecule has 0 N–H and O–H groups in total. The average Bonchev–Trinajstić information content (AvgIpc) is 2.91. The van der Waals surface area contributed by atoms with E-state index in [-0.39, 0.29) is 12.4 Å². The van der Waals surface area contributed by atoms with Gasteiger partial charge in [0.05, 0.1) is 30.9 Å². The molecule has 118 valence electrons. The van der Waals surface area contributed by atoms with Crippen LogP contribution in [0.4, 0.5) is 4.39 Å². The molecule has 0 aliphatic carbocycles. The lowest BCUT2D eigenvalue weighted by Crippen LogP contribution is -2.09. The predicted molar refractivity (Wildman–Crippen MR) is 89.3 cm³/mol. The quantitative estimate of drug-likeness (QED) is 0.614. The maximum atomic E-state index is 14.0. The maximum absolute atomic E-state index is 14.0. The van der Waals surface area contributed by atoms with Gasteiger partial charge in [0.2, 0.25) is 0 Å². The van der Waals surface area contributed by atoms with E-state index in [2.05, 4.69) is 21.0 Å². The molecule has 0 saturated heterocycles. The molecule has 3 rings (SSSR count). The van der Waals surface area contributed by atoms with E-state index >= 15 is 0 Å². The van der Waals surface area contributed by atoms with Crippen LogP contribution in [0.3, 0.4) is 0 Å². The first-order chi connectivity index (χ1) is 11.0. The van der Waals surface area contributed by atoms with Crippen molar-refractivity contribution >= 4 is 44.4 Å². The molecule has 0 saturated carbocycles. The van der Waals surface area contributed by atoms with Gasteiger partial charge >= 0.3 is 5.97 Å². The second kappa shape index (κ2) is 6.29. The molecular weight excluding hydrogens is 387 g/mol. The number of esters is 1. The molecule has 0 aliphatic rings. The number of ether oxygens (including phenoxy) is 1. The summed E-state index contributed by atoms with van der Waals surface area (Å²) in [7, 11) is 1.30. The van der Waals surface area contributed by atoms with Gasteiger partial charge in [-0.05, 0) is 24.3 Å². The summed E-state index contributed by atoms with van der Waals surface area (Å²) in [5.74, 6) is -0.868. The first kappa shape index (κ1) is 16.0. The molecule has 4 nitrogen and oxygen atoms in total. The summed E-state index contributed by atoms with van der Waals surface area (Å²) < 4.78 is 21.1. The largest absolute Gasteiger partial charge is 0.465 e.